The van der Waals surface area contributed by atoms with E-state index in [-0.39, 0.29) is 0 Å². The van der Waals surface area contributed by atoms with Crippen molar-refractivity contribution in [1.29, 1.82) is 0 Å². The van der Waals surface area contributed by atoms with Crippen molar-refractivity contribution in [3.05, 3.63) is 29.3 Å². The minimum Gasteiger partial charge on any atom is -0.262 e. The van der Waals surface area contributed by atoms with E-state index in [0.29, 0.717) is 5.69 Å². The maximum atomic E-state index is 11.5. The summed E-state index contributed by atoms with van der Waals surface area (Å²) in [6.07, 6.45) is 1.11. The van der Waals surface area contributed by atoms with Gasteiger partial charge in [0.15, 0.2) is 0 Å². The topological polar surface area (TPSA) is 46.6 Å². The van der Waals surface area contributed by atoms with Crippen molar-refractivity contribution in [2.45, 2.75) is 13.8 Å². The highest BCUT2D eigenvalue weighted by Gasteiger charge is 2.20. The van der Waals surface area contributed by atoms with Gasteiger partial charge in [0, 0.05) is 0 Å². The normalized spacial score (nSPS) is 11.5. The molecule has 0 aromatic heterocycles. The summed E-state index contributed by atoms with van der Waals surface area (Å²) in [6, 6.07) is 5.57. The van der Waals surface area contributed by atoms with E-state index >= 15 is 0 Å². The lowest BCUT2D eigenvalue weighted by atomic mass is 10.1. The fourth-order valence-corrected chi connectivity index (χ4v) is 2.38. The Bertz CT molecular complexity index is 433. The van der Waals surface area contributed by atoms with Gasteiger partial charge in [0.2, 0.25) is 0 Å². The molecule has 0 amide bonds. The molecule has 0 saturated heterocycles. The summed E-state index contributed by atoms with van der Waals surface area (Å²) in [5.41, 5.74) is 2.31. The summed E-state index contributed by atoms with van der Waals surface area (Å²) >= 11 is 0. The van der Waals surface area contributed by atoms with Gasteiger partial charge in [0.1, 0.15) is 0 Å². The molecule has 1 aromatic rings. The molecule has 15 heavy (non-hydrogen) atoms. The van der Waals surface area contributed by atoms with E-state index in [9.17, 15) is 8.42 Å². The van der Waals surface area contributed by atoms with Gasteiger partial charge in [-0.25, -0.2) is 8.42 Å². The van der Waals surface area contributed by atoms with Crippen LogP contribution in [0, 0.1) is 13.8 Å². The van der Waals surface area contributed by atoms with Crippen LogP contribution in [-0.4, -0.2) is 21.8 Å². The Hall–Kier alpha value is -1.07. The van der Waals surface area contributed by atoms with Crippen molar-refractivity contribution < 1.29 is 13.3 Å². The molecular formula is C10H15NO3S. The Labute approximate surface area is 90.5 Å². The summed E-state index contributed by atoms with van der Waals surface area (Å²) in [4.78, 5) is 4.91. The van der Waals surface area contributed by atoms with E-state index in [2.05, 4.69) is 0 Å². The molecule has 0 aliphatic heterocycles. The van der Waals surface area contributed by atoms with E-state index in [1.165, 1.54) is 7.11 Å². The third-order valence-electron chi connectivity index (χ3n) is 2.09. The Morgan fingerprint density at radius 2 is 1.67 bits per heavy atom. The van der Waals surface area contributed by atoms with Crippen LogP contribution >= 0.6 is 0 Å². The number of hydrogen-bond acceptors (Lipinski definition) is 3. The average Bonchev–Trinajstić information content (AvgIpc) is 2.09. The second kappa shape index (κ2) is 4.20. The monoisotopic (exact) mass is 229 g/mol. The predicted molar refractivity (Wildman–Crippen MR) is 60.2 cm³/mol. The zero-order chi connectivity index (χ0) is 11.6. The number of para-hydroxylation sites is 1. The minimum atomic E-state index is -3.40. The molecule has 0 heterocycles. The summed E-state index contributed by atoms with van der Waals surface area (Å²) in [7, 11) is -2.06. The maximum absolute atomic E-state index is 11.5. The molecule has 0 saturated carbocycles. The van der Waals surface area contributed by atoms with E-state index < -0.39 is 10.0 Å². The minimum absolute atomic E-state index is 0.586. The number of rotatable bonds is 3. The molecule has 0 aliphatic carbocycles. The standard InChI is InChI=1S/C10H15NO3S/c1-8-6-5-7-9(2)10(8)11(14-3)15(4,12)13/h5-7H,1-4H3. The van der Waals surface area contributed by atoms with Gasteiger partial charge < -0.3 is 0 Å². The SMILES string of the molecule is CON(c1c(C)cccc1C)S(C)(=O)=O. The highest BCUT2D eigenvalue weighted by atomic mass is 32.2. The maximum Gasteiger partial charge on any atom is 0.254 e. The fraction of sp³-hybridized carbons (Fsp3) is 0.400. The number of hydrogen-bond donors (Lipinski definition) is 0. The molecule has 0 aliphatic rings. The van der Waals surface area contributed by atoms with E-state index in [0.717, 1.165) is 21.9 Å². The highest BCUT2D eigenvalue weighted by molar-refractivity contribution is 7.91. The van der Waals surface area contributed by atoms with Gasteiger partial charge in [0.25, 0.3) is 10.0 Å². The molecular weight excluding hydrogens is 214 g/mol. The summed E-state index contributed by atoms with van der Waals surface area (Å²) in [5.74, 6) is 0. The van der Waals surface area contributed by atoms with Crippen LogP contribution in [0.2, 0.25) is 0 Å². The van der Waals surface area contributed by atoms with Gasteiger partial charge in [-0.3, -0.25) is 4.84 Å². The molecule has 1 aromatic carbocycles. The van der Waals surface area contributed by atoms with Crippen molar-refractivity contribution in [2.24, 2.45) is 0 Å². The Morgan fingerprint density at radius 1 is 1.20 bits per heavy atom. The second-order valence-corrected chi connectivity index (χ2v) is 5.21. The molecule has 0 N–H and O–H groups in total. The van der Waals surface area contributed by atoms with Crippen molar-refractivity contribution in [2.75, 3.05) is 17.8 Å². The van der Waals surface area contributed by atoms with E-state index in [1.807, 2.05) is 32.0 Å². The van der Waals surface area contributed by atoms with Crippen LogP contribution in [0.15, 0.2) is 18.2 Å². The fourth-order valence-electron chi connectivity index (χ4n) is 1.49. The lowest BCUT2D eigenvalue weighted by Gasteiger charge is -2.22. The summed E-state index contributed by atoms with van der Waals surface area (Å²) in [5, 5.41) is 0. The molecule has 84 valence electrons. The molecule has 0 unspecified atom stereocenters. The molecule has 0 atom stereocenters. The number of sulfonamides is 1. The Morgan fingerprint density at radius 3 is 2.00 bits per heavy atom. The first-order chi connectivity index (χ1) is 6.88. The van der Waals surface area contributed by atoms with Crippen molar-refractivity contribution in [3.63, 3.8) is 0 Å². The van der Waals surface area contributed by atoms with Crippen LogP contribution in [0.3, 0.4) is 0 Å². The number of anilines is 1. The number of nitrogens with zero attached hydrogens (tertiary/aromatic N) is 1. The lowest BCUT2D eigenvalue weighted by Crippen LogP contribution is -2.29. The molecule has 0 spiro atoms. The van der Waals surface area contributed by atoms with Gasteiger partial charge in [-0.15, -0.1) is 4.47 Å². The second-order valence-electron chi connectivity index (χ2n) is 3.41. The van der Waals surface area contributed by atoms with Crippen LogP contribution < -0.4 is 4.47 Å². The molecule has 0 fully saturated rings. The third-order valence-corrected chi connectivity index (χ3v) is 3.02. The summed E-state index contributed by atoms with van der Waals surface area (Å²) < 4.78 is 23.9. The largest absolute Gasteiger partial charge is 0.262 e. The van der Waals surface area contributed by atoms with Crippen LogP contribution in [0.1, 0.15) is 11.1 Å². The lowest BCUT2D eigenvalue weighted by molar-refractivity contribution is 0.216. The smallest absolute Gasteiger partial charge is 0.254 e. The molecule has 0 radical (unpaired) electrons. The van der Waals surface area contributed by atoms with E-state index in [4.69, 9.17) is 4.84 Å². The first kappa shape index (κ1) is 12.0. The molecule has 1 rings (SSSR count). The highest BCUT2D eigenvalue weighted by Crippen LogP contribution is 2.26. The molecule has 4 nitrogen and oxygen atoms in total. The van der Waals surface area contributed by atoms with Gasteiger partial charge in [-0.1, -0.05) is 18.2 Å². The molecule has 0 bridgehead atoms. The van der Waals surface area contributed by atoms with Gasteiger partial charge in [-0.2, -0.15) is 0 Å². The van der Waals surface area contributed by atoms with Gasteiger partial charge in [-0.05, 0) is 25.0 Å². The predicted octanol–water partition coefficient (Wildman–Crippen LogP) is 1.63. The van der Waals surface area contributed by atoms with Crippen molar-refractivity contribution >= 4 is 15.7 Å². The first-order valence-electron chi connectivity index (χ1n) is 4.48. The summed E-state index contributed by atoms with van der Waals surface area (Å²) in [6.45, 7) is 3.69. The van der Waals surface area contributed by atoms with Crippen LogP contribution in [0.25, 0.3) is 0 Å². The van der Waals surface area contributed by atoms with Crippen LogP contribution in [0.4, 0.5) is 5.69 Å². The average molecular weight is 229 g/mol. The first-order valence-corrected chi connectivity index (χ1v) is 6.33. The van der Waals surface area contributed by atoms with Gasteiger partial charge in [0.05, 0.1) is 19.1 Å². The zero-order valence-electron chi connectivity index (χ0n) is 9.31. The van der Waals surface area contributed by atoms with E-state index in [1.54, 1.807) is 0 Å². The Balaban J connectivity index is 3.37. The zero-order valence-corrected chi connectivity index (χ0v) is 10.1. The van der Waals surface area contributed by atoms with Crippen LogP contribution in [0.5, 0.6) is 0 Å². The number of aryl methyl sites for hydroxylation is 2. The van der Waals surface area contributed by atoms with Crippen LogP contribution in [-0.2, 0) is 14.9 Å². The third kappa shape index (κ3) is 2.49. The quantitative estimate of drug-likeness (QED) is 0.740. The van der Waals surface area contributed by atoms with Crippen molar-refractivity contribution in [1.82, 2.24) is 0 Å². The Kier molecular flexibility index (Phi) is 3.36. The van der Waals surface area contributed by atoms with Gasteiger partial charge >= 0.3 is 0 Å². The molecule has 5 heteroatoms. The van der Waals surface area contributed by atoms with Crippen molar-refractivity contribution in [3.8, 4) is 0 Å². The number of benzene rings is 1.